The Morgan fingerprint density at radius 3 is 2.63 bits per heavy atom. The molecule has 0 bridgehead atoms. The molecule has 2 aliphatic rings. The number of rotatable bonds is 4. The van der Waals surface area contributed by atoms with Gasteiger partial charge in [0.25, 0.3) is 0 Å². The highest BCUT2D eigenvalue weighted by molar-refractivity contribution is 7.88. The summed E-state index contributed by atoms with van der Waals surface area (Å²) in [5, 5.41) is 0. The fraction of sp³-hybridized carbons (Fsp3) is 0.769. The average Bonchev–Trinajstić information content (AvgIpc) is 2.80. The molecule has 1 aliphatic heterocycles. The lowest BCUT2D eigenvalue weighted by Crippen LogP contribution is -2.46. The third kappa shape index (κ3) is 4.62. The molecule has 1 amide bonds. The smallest absolute Gasteiger partial charge is 0.226 e. The van der Waals surface area contributed by atoms with Gasteiger partial charge in [0, 0.05) is 25.6 Å². The van der Waals surface area contributed by atoms with Crippen molar-refractivity contribution in [1.29, 1.82) is 0 Å². The molecule has 0 unspecified atom stereocenters. The van der Waals surface area contributed by atoms with Crippen LogP contribution in [0.25, 0.3) is 0 Å². The van der Waals surface area contributed by atoms with E-state index >= 15 is 0 Å². The fourth-order valence-corrected chi connectivity index (χ4v) is 3.59. The fourth-order valence-electron chi connectivity index (χ4n) is 2.75. The van der Waals surface area contributed by atoms with Gasteiger partial charge in [0.2, 0.25) is 15.9 Å². The monoisotopic (exact) mass is 286 g/mol. The number of sulfonamides is 1. The molecule has 0 aromatic rings. The molecule has 0 radical (unpaired) electrons. The number of amides is 1. The van der Waals surface area contributed by atoms with Gasteiger partial charge in [-0.2, -0.15) is 0 Å². The van der Waals surface area contributed by atoms with Gasteiger partial charge in [0.1, 0.15) is 0 Å². The van der Waals surface area contributed by atoms with E-state index in [1.165, 1.54) is 18.2 Å². The van der Waals surface area contributed by atoms with Crippen LogP contribution >= 0.6 is 0 Å². The molecule has 0 saturated carbocycles. The van der Waals surface area contributed by atoms with Crippen LogP contribution in [0.4, 0.5) is 0 Å². The number of carbonyl (C=O) groups excluding carboxylic acids is 1. The molecule has 6 heteroatoms. The Hall–Kier alpha value is -0.880. The zero-order valence-corrected chi connectivity index (χ0v) is 12.2. The van der Waals surface area contributed by atoms with Crippen LogP contribution in [0, 0.1) is 0 Å². The Kier molecular flexibility index (Phi) is 4.62. The van der Waals surface area contributed by atoms with E-state index in [4.69, 9.17) is 0 Å². The first-order valence-corrected chi connectivity index (χ1v) is 8.76. The van der Waals surface area contributed by atoms with Crippen molar-refractivity contribution in [3.63, 3.8) is 0 Å². The lowest BCUT2D eigenvalue weighted by atomic mass is 10.0. The maximum atomic E-state index is 12.1. The van der Waals surface area contributed by atoms with Crippen LogP contribution in [-0.4, -0.2) is 44.6 Å². The van der Waals surface area contributed by atoms with Gasteiger partial charge in [-0.1, -0.05) is 11.6 Å². The topological polar surface area (TPSA) is 66.5 Å². The Labute approximate surface area is 115 Å². The van der Waals surface area contributed by atoms with E-state index in [1.807, 2.05) is 4.90 Å². The zero-order chi connectivity index (χ0) is 13.9. The molecule has 0 aromatic carbocycles. The minimum atomic E-state index is -3.14. The van der Waals surface area contributed by atoms with Gasteiger partial charge >= 0.3 is 0 Å². The molecular formula is C13H22N2O3S. The van der Waals surface area contributed by atoms with Crippen molar-refractivity contribution in [1.82, 2.24) is 9.62 Å². The molecule has 1 N–H and O–H groups in total. The predicted octanol–water partition coefficient (Wildman–Crippen LogP) is 1.03. The van der Waals surface area contributed by atoms with E-state index in [1.54, 1.807) is 0 Å². The lowest BCUT2D eigenvalue weighted by molar-refractivity contribution is -0.131. The van der Waals surface area contributed by atoms with E-state index in [-0.39, 0.29) is 11.9 Å². The summed E-state index contributed by atoms with van der Waals surface area (Å²) in [7, 11) is -3.14. The first-order chi connectivity index (χ1) is 8.94. The van der Waals surface area contributed by atoms with Crippen molar-refractivity contribution in [2.24, 2.45) is 0 Å². The highest BCUT2D eigenvalue weighted by atomic mass is 32.2. The van der Waals surface area contributed by atoms with Crippen LogP contribution in [0.1, 0.15) is 38.5 Å². The van der Waals surface area contributed by atoms with E-state index < -0.39 is 10.0 Å². The molecule has 1 heterocycles. The summed E-state index contributed by atoms with van der Waals surface area (Å²) in [6, 6.07) is -0.0234. The van der Waals surface area contributed by atoms with Gasteiger partial charge in [-0.3, -0.25) is 4.79 Å². The standard InChI is InChI=1S/C13H22N2O3S/c1-19(17,18)14-12-6-8-15(9-7-12)13(16)10-11-4-2-3-5-11/h4,12,14H,2-3,5-10H2,1H3. The normalized spacial score (nSPS) is 21.5. The first-order valence-electron chi connectivity index (χ1n) is 6.87. The van der Waals surface area contributed by atoms with Crippen LogP contribution < -0.4 is 4.72 Å². The number of nitrogens with one attached hydrogen (secondary N) is 1. The lowest BCUT2D eigenvalue weighted by Gasteiger charge is -2.32. The van der Waals surface area contributed by atoms with Gasteiger partial charge < -0.3 is 4.90 Å². The van der Waals surface area contributed by atoms with Crippen LogP contribution in [-0.2, 0) is 14.8 Å². The summed E-state index contributed by atoms with van der Waals surface area (Å²) in [4.78, 5) is 14.0. The van der Waals surface area contributed by atoms with Gasteiger partial charge in [-0.25, -0.2) is 13.1 Å². The Bertz CT molecular complexity index is 462. The van der Waals surface area contributed by atoms with E-state index in [0.717, 1.165) is 12.8 Å². The van der Waals surface area contributed by atoms with Crippen molar-refractivity contribution in [2.45, 2.75) is 44.6 Å². The average molecular weight is 286 g/mol. The summed E-state index contributed by atoms with van der Waals surface area (Å²) >= 11 is 0. The molecule has 0 spiro atoms. The minimum absolute atomic E-state index is 0.0234. The maximum absolute atomic E-state index is 12.1. The second kappa shape index (κ2) is 6.05. The number of piperidine rings is 1. The largest absolute Gasteiger partial charge is 0.342 e. The molecular weight excluding hydrogens is 264 g/mol. The van der Waals surface area contributed by atoms with Crippen molar-refractivity contribution < 1.29 is 13.2 Å². The van der Waals surface area contributed by atoms with Gasteiger partial charge in [0.15, 0.2) is 0 Å². The number of carbonyl (C=O) groups is 1. The van der Waals surface area contributed by atoms with E-state index in [0.29, 0.717) is 32.4 Å². The summed E-state index contributed by atoms with van der Waals surface area (Å²) < 4.78 is 24.9. The number of hydrogen-bond acceptors (Lipinski definition) is 3. The Balaban J connectivity index is 1.77. The van der Waals surface area contributed by atoms with Crippen LogP contribution in [0.5, 0.6) is 0 Å². The second-order valence-electron chi connectivity index (χ2n) is 5.48. The first kappa shape index (κ1) is 14.5. The van der Waals surface area contributed by atoms with Crippen LogP contribution in [0.3, 0.4) is 0 Å². The van der Waals surface area contributed by atoms with Gasteiger partial charge in [0.05, 0.1) is 6.26 Å². The molecule has 0 aromatic heterocycles. The third-order valence-electron chi connectivity index (χ3n) is 3.74. The summed E-state index contributed by atoms with van der Waals surface area (Å²) in [5.41, 5.74) is 1.27. The molecule has 108 valence electrons. The summed E-state index contributed by atoms with van der Waals surface area (Å²) in [6.45, 7) is 1.30. The molecule has 5 nitrogen and oxygen atoms in total. The van der Waals surface area contributed by atoms with Crippen molar-refractivity contribution in [2.75, 3.05) is 19.3 Å². The maximum Gasteiger partial charge on any atom is 0.226 e. The van der Waals surface area contributed by atoms with Gasteiger partial charge in [-0.15, -0.1) is 0 Å². The minimum Gasteiger partial charge on any atom is -0.342 e. The van der Waals surface area contributed by atoms with Crippen molar-refractivity contribution in [3.8, 4) is 0 Å². The summed E-state index contributed by atoms with van der Waals surface area (Å²) in [6.07, 6.45) is 8.64. The molecule has 19 heavy (non-hydrogen) atoms. The number of nitrogens with zero attached hydrogens (tertiary/aromatic N) is 1. The second-order valence-corrected chi connectivity index (χ2v) is 7.26. The number of likely N-dealkylation sites (tertiary alicyclic amines) is 1. The quantitative estimate of drug-likeness (QED) is 0.785. The molecule has 2 rings (SSSR count). The Morgan fingerprint density at radius 1 is 1.42 bits per heavy atom. The highest BCUT2D eigenvalue weighted by Crippen LogP contribution is 2.22. The SMILES string of the molecule is CS(=O)(=O)NC1CCN(C(=O)CC2=CCCC2)CC1. The van der Waals surface area contributed by atoms with Gasteiger partial charge in [-0.05, 0) is 32.1 Å². The number of hydrogen-bond donors (Lipinski definition) is 1. The van der Waals surface area contributed by atoms with Crippen molar-refractivity contribution in [3.05, 3.63) is 11.6 Å². The van der Waals surface area contributed by atoms with Crippen molar-refractivity contribution >= 4 is 15.9 Å². The molecule has 1 saturated heterocycles. The van der Waals surface area contributed by atoms with Crippen LogP contribution in [0.2, 0.25) is 0 Å². The summed E-state index contributed by atoms with van der Waals surface area (Å²) in [5.74, 6) is 0.186. The zero-order valence-electron chi connectivity index (χ0n) is 11.4. The number of allylic oxidation sites excluding steroid dienone is 1. The molecule has 1 fully saturated rings. The van der Waals surface area contributed by atoms with Crippen LogP contribution in [0.15, 0.2) is 11.6 Å². The highest BCUT2D eigenvalue weighted by Gasteiger charge is 2.25. The third-order valence-corrected chi connectivity index (χ3v) is 4.50. The predicted molar refractivity (Wildman–Crippen MR) is 74.1 cm³/mol. The molecule has 1 aliphatic carbocycles. The van der Waals surface area contributed by atoms with E-state index in [2.05, 4.69) is 10.8 Å². The molecule has 0 atom stereocenters. The van der Waals surface area contributed by atoms with E-state index in [9.17, 15) is 13.2 Å². The Morgan fingerprint density at radius 2 is 2.11 bits per heavy atom.